The van der Waals surface area contributed by atoms with Crippen molar-refractivity contribution in [2.75, 3.05) is 0 Å². The Bertz CT molecular complexity index is 873. The van der Waals surface area contributed by atoms with Crippen LogP contribution < -0.4 is 16.5 Å². The van der Waals surface area contributed by atoms with E-state index in [1.54, 1.807) is 12.1 Å². The predicted molar refractivity (Wildman–Crippen MR) is 84.8 cm³/mol. The van der Waals surface area contributed by atoms with Crippen LogP contribution in [-0.2, 0) is 0 Å². The summed E-state index contributed by atoms with van der Waals surface area (Å²) in [7, 11) is 0. The first-order valence-corrected chi connectivity index (χ1v) is 6.84. The summed E-state index contributed by atoms with van der Waals surface area (Å²) in [5, 5.41) is 14.5. The summed E-state index contributed by atoms with van der Waals surface area (Å²) in [5.74, 6) is 0.993. The summed E-state index contributed by atoms with van der Waals surface area (Å²) in [6.45, 7) is 0. The molecule has 0 bridgehead atoms. The van der Waals surface area contributed by atoms with Crippen molar-refractivity contribution in [3.05, 3.63) is 60.2 Å². The highest BCUT2D eigenvalue weighted by molar-refractivity contribution is 5.99. The van der Waals surface area contributed by atoms with Gasteiger partial charge in [0.2, 0.25) is 0 Å². The number of nitrogens with one attached hydrogen (secondary N) is 3. The van der Waals surface area contributed by atoms with Crippen LogP contribution in [0.15, 0.2) is 59.7 Å². The molecule has 0 spiro atoms. The van der Waals surface area contributed by atoms with Gasteiger partial charge in [-0.2, -0.15) is 0 Å². The van der Waals surface area contributed by atoms with E-state index in [9.17, 15) is 5.11 Å². The van der Waals surface area contributed by atoms with E-state index >= 15 is 0 Å². The first-order valence-electron chi connectivity index (χ1n) is 6.84. The summed E-state index contributed by atoms with van der Waals surface area (Å²) < 4.78 is 0. The molecule has 0 atom stereocenters. The molecule has 6 heteroatoms. The fourth-order valence-corrected chi connectivity index (χ4v) is 2.41. The van der Waals surface area contributed by atoms with Gasteiger partial charge in [-0.05, 0) is 24.3 Å². The Labute approximate surface area is 126 Å². The molecule has 0 unspecified atom stereocenters. The molecule has 108 valence electrons. The van der Waals surface area contributed by atoms with Crippen molar-refractivity contribution >= 4 is 16.7 Å². The highest BCUT2D eigenvalue weighted by atomic mass is 16.3. The lowest BCUT2D eigenvalue weighted by Gasteiger charge is -2.05. The molecule has 0 aliphatic carbocycles. The number of amidine groups is 1. The number of phenolic OH excluding ortho intramolecular Hbond substituents is 1. The molecule has 1 aromatic heterocycles. The first-order chi connectivity index (χ1) is 10.8. The molecular formula is C16H13N5O. The number of hydrazine groups is 2. The number of hydrogen-bond donors (Lipinski definition) is 4. The Balaban J connectivity index is 1.70. The summed E-state index contributed by atoms with van der Waals surface area (Å²) in [4.78, 5) is 4.63. The van der Waals surface area contributed by atoms with Gasteiger partial charge < -0.3 is 5.11 Å². The van der Waals surface area contributed by atoms with Crippen LogP contribution in [-0.4, -0.2) is 15.9 Å². The quantitative estimate of drug-likeness (QED) is 0.579. The Morgan fingerprint density at radius 1 is 0.864 bits per heavy atom. The number of rotatable bonds is 2. The lowest BCUT2D eigenvalue weighted by Crippen LogP contribution is -2.35. The largest absolute Gasteiger partial charge is 0.508 e. The number of nitrogens with zero attached hydrogens (tertiary/aromatic N) is 2. The summed E-state index contributed by atoms with van der Waals surface area (Å²) in [6.07, 6.45) is 0. The van der Waals surface area contributed by atoms with Gasteiger partial charge in [-0.1, -0.05) is 30.3 Å². The van der Waals surface area contributed by atoms with Gasteiger partial charge in [-0.25, -0.2) is 10.5 Å². The molecule has 2 heterocycles. The maximum absolute atomic E-state index is 9.50. The van der Waals surface area contributed by atoms with Crippen molar-refractivity contribution in [2.24, 2.45) is 5.10 Å². The van der Waals surface area contributed by atoms with E-state index in [4.69, 9.17) is 0 Å². The number of hydrazone groups is 1. The topological polar surface area (TPSA) is 81.6 Å². The van der Waals surface area contributed by atoms with Gasteiger partial charge in [0, 0.05) is 16.5 Å². The molecule has 0 saturated carbocycles. The Morgan fingerprint density at radius 2 is 1.68 bits per heavy atom. The van der Waals surface area contributed by atoms with Crippen molar-refractivity contribution < 1.29 is 5.11 Å². The van der Waals surface area contributed by atoms with Gasteiger partial charge in [0.1, 0.15) is 5.75 Å². The fraction of sp³-hybridized carbons (Fsp3) is 0. The minimum absolute atomic E-state index is 0.249. The van der Waals surface area contributed by atoms with Crippen molar-refractivity contribution in [2.45, 2.75) is 0 Å². The van der Waals surface area contributed by atoms with E-state index in [2.05, 4.69) is 26.6 Å². The average molecular weight is 291 g/mol. The van der Waals surface area contributed by atoms with Crippen LogP contribution in [0, 0.1) is 0 Å². The van der Waals surface area contributed by atoms with Crippen molar-refractivity contribution in [1.82, 2.24) is 21.5 Å². The van der Waals surface area contributed by atoms with Crippen LogP contribution in [0.4, 0.5) is 0 Å². The number of aromatic nitrogens is 1. The average Bonchev–Trinajstić information content (AvgIpc) is 3.09. The van der Waals surface area contributed by atoms with E-state index in [0.717, 1.165) is 33.6 Å². The lowest BCUT2D eigenvalue weighted by molar-refractivity contribution is 0.476. The molecule has 22 heavy (non-hydrogen) atoms. The van der Waals surface area contributed by atoms with Crippen LogP contribution in [0.1, 0.15) is 5.56 Å². The second-order valence-electron chi connectivity index (χ2n) is 4.97. The number of aromatic hydroxyl groups is 1. The monoisotopic (exact) mass is 291 g/mol. The van der Waals surface area contributed by atoms with Crippen LogP contribution >= 0.6 is 0 Å². The number of benzene rings is 2. The summed E-state index contributed by atoms with van der Waals surface area (Å²) in [6, 6.07) is 17.1. The van der Waals surface area contributed by atoms with E-state index < -0.39 is 0 Å². The molecule has 0 fully saturated rings. The molecule has 4 N–H and O–H groups in total. The highest BCUT2D eigenvalue weighted by Crippen LogP contribution is 2.23. The summed E-state index contributed by atoms with van der Waals surface area (Å²) in [5.41, 5.74) is 12.0. The van der Waals surface area contributed by atoms with Crippen molar-refractivity contribution in [1.29, 1.82) is 0 Å². The van der Waals surface area contributed by atoms with Gasteiger partial charge in [-0.15, -0.1) is 10.6 Å². The predicted octanol–water partition coefficient (Wildman–Crippen LogP) is 1.88. The highest BCUT2D eigenvalue weighted by Gasteiger charge is 2.08. The second kappa shape index (κ2) is 5.01. The third-order valence-electron chi connectivity index (χ3n) is 3.53. The standard InChI is InChI=1S/C16H13N5O/c22-13-6-8-15-12(9-13)5-7-14(17-15)10-1-3-11(4-2-10)16-18-20-21-19-16/h1-9,20-22H,(H,18,19). The third kappa shape index (κ3) is 2.21. The molecule has 6 nitrogen and oxygen atoms in total. The fourth-order valence-electron chi connectivity index (χ4n) is 2.41. The Kier molecular flexibility index (Phi) is 2.87. The number of fused-ring (bicyclic) bond motifs is 1. The molecule has 0 amide bonds. The van der Waals surface area contributed by atoms with Crippen molar-refractivity contribution in [3.63, 3.8) is 0 Å². The molecule has 2 aromatic carbocycles. The van der Waals surface area contributed by atoms with E-state index in [-0.39, 0.29) is 5.75 Å². The lowest BCUT2D eigenvalue weighted by atomic mass is 10.1. The zero-order valence-electron chi connectivity index (χ0n) is 11.5. The van der Waals surface area contributed by atoms with Crippen LogP contribution in [0.3, 0.4) is 0 Å². The molecule has 0 saturated heterocycles. The van der Waals surface area contributed by atoms with Gasteiger partial charge in [0.25, 0.3) is 0 Å². The minimum atomic E-state index is 0.249. The Hall–Kier alpha value is -3.12. The summed E-state index contributed by atoms with van der Waals surface area (Å²) >= 11 is 0. The van der Waals surface area contributed by atoms with Gasteiger partial charge in [0.15, 0.2) is 5.84 Å². The minimum Gasteiger partial charge on any atom is -0.508 e. The molecule has 1 aliphatic heterocycles. The second-order valence-corrected chi connectivity index (χ2v) is 4.97. The van der Waals surface area contributed by atoms with E-state index in [1.165, 1.54) is 0 Å². The Morgan fingerprint density at radius 3 is 2.45 bits per heavy atom. The van der Waals surface area contributed by atoms with Gasteiger partial charge >= 0.3 is 0 Å². The molecular weight excluding hydrogens is 278 g/mol. The normalized spacial score (nSPS) is 13.5. The van der Waals surface area contributed by atoms with Gasteiger partial charge in [-0.3, -0.25) is 5.43 Å². The maximum Gasteiger partial charge on any atom is 0.170 e. The van der Waals surface area contributed by atoms with Crippen LogP contribution in [0.25, 0.3) is 22.2 Å². The van der Waals surface area contributed by atoms with Crippen molar-refractivity contribution in [3.8, 4) is 17.0 Å². The first kappa shape index (κ1) is 12.6. The molecule has 3 aromatic rings. The molecule has 4 rings (SSSR count). The third-order valence-corrected chi connectivity index (χ3v) is 3.53. The smallest absolute Gasteiger partial charge is 0.170 e. The molecule has 1 aliphatic rings. The van der Waals surface area contributed by atoms with Crippen LogP contribution in [0.5, 0.6) is 5.75 Å². The SMILES string of the molecule is Oc1ccc2nc(-c3ccc(C4=NNNN4)cc3)ccc2c1. The number of pyridine rings is 1. The zero-order valence-corrected chi connectivity index (χ0v) is 11.5. The maximum atomic E-state index is 9.50. The van der Waals surface area contributed by atoms with E-state index in [0.29, 0.717) is 0 Å². The zero-order chi connectivity index (χ0) is 14.9. The van der Waals surface area contributed by atoms with Crippen LogP contribution in [0.2, 0.25) is 0 Å². The number of phenols is 1. The van der Waals surface area contributed by atoms with Gasteiger partial charge in [0.05, 0.1) is 11.2 Å². The molecule has 0 radical (unpaired) electrons. The van der Waals surface area contributed by atoms with E-state index in [1.807, 2.05) is 42.5 Å². The number of hydrogen-bond acceptors (Lipinski definition) is 6.